The summed E-state index contributed by atoms with van der Waals surface area (Å²) >= 11 is 1.21. The topological polar surface area (TPSA) is 75.2 Å². The molecule has 2 heterocycles. The largest absolute Gasteiger partial charge is 0.311 e. The van der Waals surface area contributed by atoms with Crippen molar-refractivity contribution in [1.29, 1.82) is 0 Å². The van der Waals surface area contributed by atoms with Crippen LogP contribution in [0.4, 0.5) is 15.2 Å². The van der Waals surface area contributed by atoms with Crippen LogP contribution < -0.4 is 10.2 Å². The first kappa shape index (κ1) is 20.2. The predicted octanol–water partition coefficient (Wildman–Crippen LogP) is 3.88. The minimum Gasteiger partial charge on any atom is -0.311 e. The van der Waals surface area contributed by atoms with Crippen LogP contribution in [0.3, 0.4) is 0 Å². The number of aryl methyl sites for hydroxylation is 2. The molecule has 1 aliphatic heterocycles. The van der Waals surface area contributed by atoms with Crippen molar-refractivity contribution in [3.63, 3.8) is 0 Å². The van der Waals surface area contributed by atoms with Gasteiger partial charge in [0.05, 0.1) is 5.92 Å². The number of carbonyl (C=O) groups is 2. The third kappa shape index (κ3) is 4.23. The standard InChI is InChI=1S/C22H21FN4O2S/c1-13-7-8-18(14(2)9-13)27-12-16(11-20(27)28)21(29)24-22-26-25-19(30-22)10-15-5-3-4-6-17(15)23/h3-9,16H,10-12H2,1-2H3,(H,24,26,29). The summed E-state index contributed by atoms with van der Waals surface area (Å²) in [6.45, 7) is 4.29. The maximum absolute atomic E-state index is 13.8. The van der Waals surface area contributed by atoms with Crippen LogP contribution in [0.1, 0.15) is 28.1 Å². The summed E-state index contributed by atoms with van der Waals surface area (Å²) in [6.07, 6.45) is 0.461. The van der Waals surface area contributed by atoms with Crippen molar-refractivity contribution in [3.05, 3.63) is 70.0 Å². The normalized spacial score (nSPS) is 16.2. The lowest BCUT2D eigenvalue weighted by atomic mass is 10.1. The van der Waals surface area contributed by atoms with Crippen molar-refractivity contribution in [2.75, 3.05) is 16.8 Å². The lowest BCUT2D eigenvalue weighted by Gasteiger charge is -2.19. The summed E-state index contributed by atoms with van der Waals surface area (Å²) in [7, 11) is 0. The summed E-state index contributed by atoms with van der Waals surface area (Å²) in [5.74, 6) is -1.09. The third-order valence-electron chi connectivity index (χ3n) is 5.14. The van der Waals surface area contributed by atoms with Crippen molar-refractivity contribution >= 4 is 34.0 Å². The van der Waals surface area contributed by atoms with Crippen LogP contribution in [0.5, 0.6) is 0 Å². The van der Waals surface area contributed by atoms with Crippen LogP contribution in [0.15, 0.2) is 42.5 Å². The van der Waals surface area contributed by atoms with Crippen LogP contribution in [0.2, 0.25) is 0 Å². The van der Waals surface area contributed by atoms with E-state index in [1.165, 1.54) is 17.4 Å². The molecule has 0 saturated carbocycles. The number of hydrogen-bond donors (Lipinski definition) is 1. The molecule has 0 bridgehead atoms. The van der Waals surface area contributed by atoms with Gasteiger partial charge in [-0.1, -0.05) is 47.2 Å². The number of aromatic nitrogens is 2. The Hall–Kier alpha value is -3.13. The zero-order valence-corrected chi connectivity index (χ0v) is 17.5. The Morgan fingerprint density at radius 2 is 2.03 bits per heavy atom. The van der Waals surface area contributed by atoms with Gasteiger partial charge in [0.25, 0.3) is 0 Å². The van der Waals surface area contributed by atoms with E-state index in [1.54, 1.807) is 23.1 Å². The van der Waals surface area contributed by atoms with Gasteiger partial charge in [0, 0.05) is 25.1 Å². The fourth-order valence-corrected chi connectivity index (χ4v) is 4.38. The van der Waals surface area contributed by atoms with Gasteiger partial charge >= 0.3 is 0 Å². The van der Waals surface area contributed by atoms with Crippen molar-refractivity contribution in [3.8, 4) is 0 Å². The van der Waals surface area contributed by atoms with Gasteiger partial charge in [-0.2, -0.15) is 0 Å². The molecule has 1 aliphatic rings. The summed E-state index contributed by atoms with van der Waals surface area (Å²) in [4.78, 5) is 26.9. The first-order valence-corrected chi connectivity index (χ1v) is 10.5. The van der Waals surface area contributed by atoms with Gasteiger partial charge in [-0.3, -0.25) is 9.59 Å². The molecule has 1 unspecified atom stereocenters. The number of benzene rings is 2. The van der Waals surface area contributed by atoms with Gasteiger partial charge in [-0.15, -0.1) is 10.2 Å². The van der Waals surface area contributed by atoms with E-state index in [4.69, 9.17) is 0 Å². The number of rotatable bonds is 5. The van der Waals surface area contributed by atoms with E-state index >= 15 is 0 Å². The number of nitrogens with zero attached hydrogens (tertiary/aromatic N) is 3. The molecule has 2 aromatic carbocycles. The first-order valence-electron chi connectivity index (χ1n) is 9.65. The highest BCUT2D eigenvalue weighted by Gasteiger charge is 2.36. The quantitative estimate of drug-likeness (QED) is 0.675. The average molecular weight is 425 g/mol. The molecule has 154 valence electrons. The summed E-state index contributed by atoms with van der Waals surface area (Å²) in [5.41, 5.74) is 3.49. The molecule has 1 atom stereocenters. The molecule has 1 aromatic heterocycles. The van der Waals surface area contributed by atoms with E-state index < -0.39 is 5.92 Å². The van der Waals surface area contributed by atoms with Crippen molar-refractivity contribution in [2.45, 2.75) is 26.7 Å². The van der Waals surface area contributed by atoms with E-state index in [-0.39, 0.29) is 24.1 Å². The van der Waals surface area contributed by atoms with E-state index in [2.05, 4.69) is 15.5 Å². The second kappa shape index (κ2) is 8.31. The summed E-state index contributed by atoms with van der Waals surface area (Å²) in [6, 6.07) is 12.4. The average Bonchev–Trinajstić information content (AvgIpc) is 3.30. The predicted molar refractivity (Wildman–Crippen MR) is 114 cm³/mol. The molecule has 8 heteroatoms. The second-order valence-corrected chi connectivity index (χ2v) is 8.52. The molecular weight excluding hydrogens is 403 g/mol. The molecule has 3 aromatic rings. The number of carbonyl (C=O) groups excluding carboxylic acids is 2. The van der Waals surface area contributed by atoms with Gasteiger partial charge in [0.1, 0.15) is 10.8 Å². The molecule has 1 N–H and O–H groups in total. The Balaban J connectivity index is 1.40. The molecule has 0 radical (unpaired) electrons. The van der Waals surface area contributed by atoms with Gasteiger partial charge < -0.3 is 10.2 Å². The van der Waals surface area contributed by atoms with Gasteiger partial charge in [0.15, 0.2) is 0 Å². The highest BCUT2D eigenvalue weighted by Crippen LogP contribution is 2.29. The zero-order valence-electron chi connectivity index (χ0n) is 16.7. The molecular formula is C22H21FN4O2S. The van der Waals surface area contributed by atoms with Gasteiger partial charge in [0.2, 0.25) is 16.9 Å². The molecule has 0 spiro atoms. The minimum absolute atomic E-state index is 0.0698. The Morgan fingerprint density at radius 3 is 2.80 bits per heavy atom. The Kier molecular flexibility index (Phi) is 5.59. The van der Waals surface area contributed by atoms with E-state index in [0.717, 1.165) is 16.8 Å². The Bertz CT molecular complexity index is 1110. The molecule has 1 fully saturated rings. The number of amides is 2. The maximum atomic E-state index is 13.8. The summed E-state index contributed by atoms with van der Waals surface area (Å²) in [5, 5.41) is 11.7. The number of hydrogen-bond acceptors (Lipinski definition) is 5. The molecule has 4 rings (SSSR count). The zero-order chi connectivity index (χ0) is 21.3. The maximum Gasteiger partial charge on any atom is 0.231 e. The molecule has 1 saturated heterocycles. The van der Waals surface area contributed by atoms with Gasteiger partial charge in [-0.25, -0.2) is 4.39 Å². The van der Waals surface area contributed by atoms with E-state index in [9.17, 15) is 14.0 Å². The van der Waals surface area contributed by atoms with Crippen molar-refractivity contribution in [1.82, 2.24) is 10.2 Å². The van der Waals surface area contributed by atoms with Crippen LogP contribution in [-0.4, -0.2) is 28.6 Å². The van der Waals surface area contributed by atoms with Crippen LogP contribution >= 0.6 is 11.3 Å². The molecule has 0 aliphatic carbocycles. The van der Waals surface area contributed by atoms with Crippen LogP contribution in [-0.2, 0) is 16.0 Å². The summed E-state index contributed by atoms with van der Waals surface area (Å²) < 4.78 is 13.8. The number of halogens is 1. The van der Waals surface area contributed by atoms with Crippen LogP contribution in [0.25, 0.3) is 0 Å². The van der Waals surface area contributed by atoms with Gasteiger partial charge in [-0.05, 0) is 37.1 Å². The SMILES string of the molecule is Cc1ccc(N2CC(C(=O)Nc3nnc(Cc4ccccc4F)s3)CC2=O)c(C)c1. The minimum atomic E-state index is -0.461. The second-order valence-electron chi connectivity index (χ2n) is 7.45. The van der Waals surface area contributed by atoms with E-state index in [1.807, 2.05) is 32.0 Å². The lowest BCUT2D eigenvalue weighted by molar-refractivity contribution is -0.122. The fourth-order valence-electron chi connectivity index (χ4n) is 3.61. The first-order chi connectivity index (χ1) is 14.4. The lowest BCUT2D eigenvalue weighted by Crippen LogP contribution is -2.28. The van der Waals surface area contributed by atoms with E-state index in [0.29, 0.717) is 28.7 Å². The Labute approximate surface area is 177 Å². The van der Waals surface area contributed by atoms with Crippen molar-refractivity contribution in [2.24, 2.45) is 5.92 Å². The number of anilines is 2. The monoisotopic (exact) mass is 424 g/mol. The molecule has 6 nitrogen and oxygen atoms in total. The van der Waals surface area contributed by atoms with Crippen LogP contribution in [0, 0.1) is 25.6 Å². The van der Waals surface area contributed by atoms with Crippen molar-refractivity contribution < 1.29 is 14.0 Å². The fraction of sp³-hybridized carbons (Fsp3) is 0.273. The molecule has 2 amide bonds. The highest BCUT2D eigenvalue weighted by atomic mass is 32.1. The smallest absolute Gasteiger partial charge is 0.231 e. The number of nitrogens with one attached hydrogen (secondary N) is 1. The third-order valence-corrected chi connectivity index (χ3v) is 5.97. The Morgan fingerprint density at radius 1 is 1.23 bits per heavy atom. The molecule has 30 heavy (non-hydrogen) atoms. The highest BCUT2D eigenvalue weighted by molar-refractivity contribution is 7.15.